The van der Waals surface area contributed by atoms with Gasteiger partial charge in [0.05, 0.1) is 4.90 Å². The minimum atomic E-state index is -3.42. The molecule has 0 spiro atoms. The summed E-state index contributed by atoms with van der Waals surface area (Å²) in [5, 5.41) is 3.22. The number of benzene rings is 1. The third kappa shape index (κ3) is 5.32. The molecule has 0 saturated heterocycles. The van der Waals surface area contributed by atoms with Gasteiger partial charge in [-0.1, -0.05) is 26.2 Å². The maximum atomic E-state index is 12.4. The van der Waals surface area contributed by atoms with Crippen LogP contribution in [0.4, 0.5) is 5.69 Å². The zero-order chi connectivity index (χ0) is 15.9. The topological polar surface area (TPSA) is 58.2 Å². The SMILES string of the molecule is CCCCCCNS(=O)(=O)c1c(C)cc(NCC)cc1C. The van der Waals surface area contributed by atoms with E-state index >= 15 is 0 Å². The zero-order valence-electron chi connectivity index (χ0n) is 13.6. The molecule has 0 aromatic heterocycles. The van der Waals surface area contributed by atoms with Gasteiger partial charge in [-0.3, -0.25) is 0 Å². The molecule has 0 heterocycles. The van der Waals surface area contributed by atoms with E-state index in [4.69, 9.17) is 0 Å². The van der Waals surface area contributed by atoms with Gasteiger partial charge in [0, 0.05) is 18.8 Å². The van der Waals surface area contributed by atoms with Crippen molar-refractivity contribution in [3.05, 3.63) is 23.3 Å². The van der Waals surface area contributed by atoms with E-state index in [0.29, 0.717) is 11.4 Å². The molecule has 0 saturated carbocycles. The standard InChI is InChI=1S/C16H28N2O2S/c1-5-7-8-9-10-18-21(19,20)16-13(3)11-15(17-6-2)12-14(16)4/h11-12,17-18H,5-10H2,1-4H3. The summed E-state index contributed by atoms with van der Waals surface area (Å²) < 4.78 is 27.6. The van der Waals surface area contributed by atoms with Crippen LogP contribution in [0, 0.1) is 13.8 Å². The average Bonchev–Trinajstić information content (AvgIpc) is 2.37. The molecule has 2 N–H and O–H groups in total. The second-order valence-corrected chi connectivity index (χ2v) is 7.13. The van der Waals surface area contributed by atoms with Gasteiger partial charge in [0.25, 0.3) is 0 Å². The van der Waals surface area contributed by atoms with Crippen LogP contribution in [-0.4, -0.2) is 21.5 Å². The Labute approximate surface area is 129 Å². The Morgan fingerprint density at radius 3 is 2.14 bits per heavy atom. The van der Waals surface area contributed by atoms with Crippen LogP contribution in [0.25, 0.3) is 0 Å². The highest BCUT2D eigenvalue weighted by atomic mass is 32.2. The summed E-state index contributed by atoms with van der Waals surface area (Å²) in [5.74, 6) is 0. The molecule has 4 nitrogen and oxygen atoms in total. The van der Waals surface area contributed by atoms with E-state index in [1.165, 1.54) is 0 Å². The minimum absolute atomic E-state index is 0.416. The molecule has 0 radical (unpaired) electrons. The summed E-state index contributed by atoms with van der Waals surface area (Å²) in [5.41, 5.74) is 2.54. The van der Waals surface area contributed by atoms with Gasteiger partial charge in [-0.05, 0) is 50.5 Å². The quantitative estimate of drug-likeness (QED) is 0.685. The van der Waals surface area contributed by atoms with Crippen LogP contribution in [0.3, 0.4) is 0 Å². The summed E-state index contributed by atoms with van der Waals surface area (Å²) in [7, 11) is -3.42. The molecular weight excluding hydrogens is 284 g/mol. The van der Waals surface area contributed by atoms with Crippen LogP contribution in [0.15, 0.2) is 17.0 Å². The lowest BCUT2D eigenvalue weighted by Crippen LogP contribution is -2.26. The van der Waals surface area contributed by atoms with Gasteiger partial charge in [-0.2, -0.15) is 0 Å². The molecule has 0 bridgehead atoms. The molecule has 0 amide bonds. The number of hydrogen-bond acceptors (Lipinski definition) is 3. The van der Waals surface area contributed by atoms with Crippen molar-refractivity contribution in [3.63, 3.8) is 0 Å². The summed E-state index contributed by atoms with van der Waals surface area (Å²) >= 11 is 0. The highest BCUT2D eigenvalue weighted by Crippen LogP contribution is 2.24. The van der Waals surface area contributed by atoms with Gasteiger partial charge in [0.15, 0.2) is 0 Å². The Hall–Kier alpha value is -1.07. The second kappa shape index (κ2) is 8.39. The average molecular weight is 312 g/mol. The summed E-state index contributed by atoms with van der Waals surface area (Å²) in [6.45, 7) is 9.19. The van der Waals surface area contributed by atoms with E-state index in [0.717, 1.165) is 49.0 Å². The summed E-state index contributed by atoms with van der Waals surface area (Å²) in [6.07, 6.45) is 4.25. The van der Waals surface area contributed by atoms with E-state index in [-0.39, 0.29) is 0 Å². The fraction of sp³-hybridized carbons (Fsp3) is 0.625. The smallest absolute Gasteiger partial charge is 0.241 e. The van der Waals surface area contributed by atoms with Crippen molar-refractivity contribution in [3.8, 4) is 0 Å². The van der Waals surface area contributed by atoms with Crippen LogP contribution in [-0.2, 0) is 10.0 Å². The number of hydrogen-bond donors (Lipinski definition) is 2. The molecule has 0 aliphatic rings. The van der Waals surface area contributed by atoms with Crippen LogP contribution in [0.2, 0.25) is 0 Å². The van der Waals surface area contributed by atoms with E-state index in [2.05, 4.69) is 17.0 Å². The third-order valence-electron chi connectivity index (χ3n) is 3.43. The van der Waals surface area contributed by atoms with Crippen LogP contribution in [0.5, 0.6) is 0 Å². The molecule has 5 heteroatoms. The first-order valence-corrected chi connectivity index (χ1v) is 9.25. The second-order valence-electron chi connectivity index (χ2n) is 5.43. The van der Waals surface area contributed by atoms with Crippen molar-refractivity contribution >= 4 is 15.7 Å². The van der Waals surface area contributed by atoms with Gasteiger partial charge in [-0.25, -0.2) is 13.1 Å². The summed E-state index contributed by atoms with van der Waals surface area (Å²) in [6, 6.07) is 3.78. The Morgan fingerprint density at radius 2 is 1.62 bits per heavy atom. The molecule has 120 valence electrons. The lowest BCUT2D eigenvalue weighted by molar-refractivity contribution is 0.572. The normalized spacial score (nSPS) is 11.6. The first-order valence-electron chi connectivity index (χ1n) is 7.77. The lowest BCUT2D eigenvalue weighted by Gasteiger charge is -2.14. The number of anilines is 1. The highest BCUT2D eigenvalue weighted by molar-refractivity contribution is 7.89. The predicted octanol–water partition coefficient (Wildman–Crippen LogP) is 3.59. The van der Waals surface area contributed by atoms with Crippen molar-refractivity contribution in [2.75, 3.05) is 18.4 Å². The lowest BCUT2D eigenvalue weighted by atomic mass is 10.1. The van der Waals surface area contributed by atoms with Crippen LogP contribution in [0.1, 0.15) is 50.7 Å². The molecule has 0 atom stereocenters. The van der Waals surface area contributed by atoms with Crippen LogP contribution >= 0.6 is 0 Å². The fourth-order valence-corrected chi connectivity index (χ4v) is 4.03. The zero-order valence-corrected chi connectivity index (χ0v) is 14.4. The molecule has 21 heavy (non-hydrogen) atoms. The number of unbranched alkanes of at least 4 members (excludes halogenated alkanes) is 3. The summed E-state index contributed by atoms with van der Waals surface area (Å²) in [4.78, 5) is 0.416. The maximum Gasteiger partial charge on any atom is 0.241 e. The first kappa shape index (κ1) is 18.0. The van der Waals surface area contributed by atoms with Crippen molar-refractivity contribution in [1.29, 1.82) is 0 Å². The Kier molecular flexibility index (Phi) is 7.18. The molecule has 0 unspecified atom stereocenters. The van der Waals surface area contributed by atoms with Crippen molar-refractivity contribution in [2.24, 2.45) is 0 Å². The molecule has 0 fully saturated rings. The van der Waals surface area contributed by atoms with Gasteiger partial charge in [-0.15, -0.1) is 0 Å². The van der Waals surface area contributed by atoms with Gasteiger partial charge in [0.1, 0.15) is 0 Å². The Morgan fingerprint density at radius 1 is 1.00 bits per heavy atom. The fourth-order valence-electron chi connectivity index (χ4n) is 2.51. The first-order chi connectivity index (χ1) is 9.92. The third-order valence-corrected chi connectivity index (χ3v) is 5.20. The Bertz CT molecular complexity index is 530. The van der Waals surface area contributed by atoms with Gasteiger partial charge >= 0.3 is 0 Å². The largest absolute Gasteiger partial charge is 0.385 e. The van der Waals surface area contributed by atoms with E-state index in [1.54, 1.807) is 0 Å². The van der Waals surface area contributed by atoms with E-state index in [9.17, 15) is 8.42 Å². The molecular formula is C16H28N2O2S. The maximum absolute atomic E-state index is 12.4. The molecule has 0 aliphatic carbocycles. The van der Waals surface area contributed by atoms with Crippen molar-refractivity contribution < 1.29 is 8.42 Å². The molecule has 1 aromatic rings. The van der Waals surface area contributed by atoms with Crippen molar-refractivity contribution in [2.45, 2.75) is 58.3 Å². The van der Waals surface area contributed by atoms with Gasteiger partial charge in [0.2, 0.25) is 10.0 Å². The number of rotatable bonds is 9. The highest BCUT2D eigenvalue weighted by Gasteiger charge is 2.19. The molecule has 1 aromatic carbocycles. The minimum Gasteiger partial charge on any atom is -0.385 e. The molecule has 0 aliphatic heterocycles. The van der Waals surface area contributed by atoms with E-state index < -0.39 is 10.0 Å². The number of sulfonamides is 1. The number of nitrogens with one attached hydrogen (secondary N) is 2. The van der Waals surface area contributed by atoms with E-state index in [1.807, 2.05) is 32.9 Å². The predicted molar refractivity (Wildman–Crippen MR) is 89.4 cm³/mol. The van der Waals surface area contributed by atoms with Crippen molar-refractivity contribution in [1.82, 2.24) is 4.72 Å². The Balaban J connectivity index is 2.83. The van der Waals surface area contributed by atoms with Gasteiger partial charge < -0.3 is 5.32 Å². The van der Waals surface area contributed by atoms with Crippen LogP contribution < -0.4 is 10.0 Å². The molecule has 1 rings (SSSR count). The number of aryl methyl sites for hydroxylation is 2. The monoisotopic (exact) mass is 312 g/mol.